The molecule has 1 fully saturated rings. The largest absolute Gasteiger partial charge is 0.352 e. The number of nitro groups is 1. The van der Waals surface area contributed by atoms with Crippen molar-refractivity contribution in [3.63, 3.8) is 0 Å². The molecule has 0 radical (unpaired) electrons. The molecule has 7 heteroatoms. The summed E-state index contributed by atoms with van der Waals surface area (Å²) in [5, 5.41) is 16.8. The third-order valence-corrected chi connectivity index (χ3v) is 3.72. The SMILES string of the molecule is O=C(NCCC1CCNC1)c1ccc([N+](=O)[O-])cc1Cl. The zero-order valence-corrected chi connectivity index (χ0v) is 11.7. The predicted octanol–water partition coefficient (Wildman–Crippen LogP) is 1.98. The lowest BCUT2D eigenvalue weighted by molar-refractivity contribution is -0.384. The first-order valence-electron chi connectivity index (χ1n) is 6.51. The van der Waals surface area contributed by atoms with Crippen LogP contribution in [-0.2, 0) is 0 Å². The number of halogens is 1. The highest BCUT2D eigenvalue weighted by Gasteiger charge is 2.17. The number of carbonyl (C=O) groups excluding carboxylic acids is 1. The van der Waals surface area contributed by atoms with Crippen LogP contribution in [-0.4, -0.2) is 30.5 Å². The normalized spacial score (nSPS) is 17.9. The molecule has 1 aliphatic rings. The molecular weight excluding hydrogens is 282 g/mol. The topological polar surface area (TPSA) is 84.3 Å². The van der Waals surface area contributed by atoms with Crippen molar-refractivity contribution in [1.82, 2.24) is 10.6 Å². The standard InChI is InChI=1S/C13H16ClN3O3/c14-12-7-10(17(19)20)1-2-11(12)13(18)16-6-4-9-3-5-15-8-9/h1-2,7,9,15H,3-6,8H2,(H,16,18). The van der Waals surface area contributed by atoms with E-state index in [4.69, 9.17) is 11.6 Å². The molecule has 0 aromatic heterocycles. The zero-order chi connectivity index (χ0) is 14.5. The van der Waals surface area contributed by atoms with Gasteiger partial charge < -0.3 is 10.6 Å². The van der Waals surface area contributed by atoms with E-state index in [1.165, 1.54) is 18.2 Å². The van der Waals surface area contributed by atoms with E-state index in [0.717, 1.165) is 25.9 Å². The summed E-state index contributed by atoms with van der Waals surface area (Å²) in [6.45, 7) is 2.61. The Kier molecular flexibility index (Phi) is 4.92. The van der Waals surface area contributed by atoms with Gasteiger partial charge in [0.2, 0.25) is 0 Å². The van der Waals surface area contributed by atoms with Crippen LogP contribution in [0.4, 0.5) is 5.69 Å². The number of nitrogens with zero attached hydrogens (tertiary/aromatic N) is 1. The van der Waals surface area contributed by atoms with Gasteiger partial charge in [0.25, 0.3) is 11.6 Å². The Bertz CT molecular complexity index is 516. The second-order valence-electron chi connectivity index (χ2n) is 4.82. The van der Waals surface area contributed by atoms with Gasteiger partial charge in [0.05, 0.1) is 15.5 Å². The summed E-state index contributed by atoms with van der Waals surface area (Å²) in [6.07, 6.45) is 2.05. The minimum Gasteiger partial charge on any atom is -0.352 e. The highest BCUT2D eigenvalue weighted by atomic mass is 35.5. The molecule has 108 valence electrons. The molecule has 1 saturated heterocycles. The summed E-state index contributed by atoms with van der Waals surface area (Å²) in [4.78, 5) is 22.0. The Labute approximate surface area is 121 Å². The molecule has 1 heterocycles. The van der Waals surface area contributed by atoms with Crippen LogP contribution in [0.3, 0.4) is 0 Å². The van der Waals surface area contributed by atoms with E-state index in [0.29, 0.717) is 12.5 Å². The van der Waals surface area contributed by atoms with E-state index in [1.807, 2.05) is 0 Å². The van der Waals surface area contributed by atoms with Crippen LogP contribution in [0.5, 0.6) is 0 Å². The predicted molar refractivity (Wildman–Crippen MR) is 76.0 cm³/mol. The lowest BCUT2D eigenvalue weighted by Crippen LogP contribution is -2.26. The molecule has 0 saturated carbocycles. The van der Waals surface area contributed by atoms with Crippen LogP contribution in [0.2, 0.25) is 5.02 Å². The number of hydrogen-bond acceptors (Lipinski definition) is 4. The quantitative estimate of drug-likeness (QED) is 0.643. The molecule has 1 aromatic carbocycles. The highest BCUT2D eigenvalue weighted by Crippen LogP contribution is 2.22. The number of hydrogen-bond donors (Lipinski definition) is 2. The van der Waals surface area contributed by atoms with Crippen LogP contribution in [0.1, 0.15) is 23.2 Å². The zero-order valence-electron chi connectivity index (χ0n) is 10.9. The molecule has 6 nitrogen and oxygen atoms in total. The molecule has 1 aromatic rings. The van der Waals surface area contributed by atoms with Crippen LogP contribution < -0.4 is 10.6 Å². The first kappa shape index (κ1) is 14.7. The van der Waals surface area contributed by atoms with Crippen molar-refractivity contribution in [2.45, 2.75) is 12.8 Å². The number of carbonyl (C=O) groups is 1. The summed E-state index contributed by atoms with van der Waals surface area (Å²) in [5.74, 6) is 0.304. The summed E-state index contributed by atoms with van der Waals surface area (Å²) in [5.41, 5.74) is 0.144. The molecule has 0 bridgehead atoms. The van der Waals surface area contributed by atoms with Crippen molar-refractivity contribution < 1.29 is 9.72 Å². The minimum atomic E-state index is -0.541. The molecule has 1 amide bonds. The van der Waals surface area contributed by atoms with Crippen molar-refractivity contribution in [2.24, 2.45) is 5.92 Å². The van der Waals surface area contributed by atoms with Crippen LogP contribution in [0.15, 0.2) is 18.2 Å². The average Bonchev–Trinajstić information content (AvgIpc) is 2.91. The maximum absolute atomic E-state index is 11.9. The fraction of sp³-hybridized carbons (Fsp3) is 0.462. The third-order valence-electron chi connectivity index (χ3n) is 3.41. The Morgan fingerprint density at radius 1 is 1.55 bits per heavy atom. The Morgan fingerprint density at radius 2 is 2.35 bits per heavy atom. The second-order valence-corrected chi connectivity index (χ2v) is 5.23. The Balaban J connectivity index is 1.89. The van der Waals surface area contributed by atoms with Crippen LogP contribution in [0.25, 0.3) is 0 Å². The maximum atomic E-state index is 11.9. The summed E-state index contributed by atoms with van der Waals surface area (Å²) in [6, 6.07) is 3.85. The molecule has 1 aliphatic heterocycles. The Morgan fingerprint density at radius 3 is 2.95 bits per heavy atom. The third kappa shape index (κ3) is 3.68. The summed E-state index contributed by atoms with van der Waals surface area (Å²) < 4.78 is 0. The van der Waals surface area contributed by atoms with Crippen molar-refractivity contribution in [2.75, 3.05) is 19.6 Å². The van der Waals surface area contributed by atoms with Gasteiger partial charge in [-0.15, -0.1) is 0 Å². The molecule has 20 heavy (non-hydrogen) atoms. The van der Waals surface area contributed by atoms with E-state index in [2.05, 4.69) is 10.6 Å². The number of non-ortho nitro benzene ring substituents is 1. The van der Waals surface area contributed by atoms with Gasteiger partial charge in [-0.3, -0.25) is 14.9 Å². The molecule has 1 unspecified atom stereocenters. The van der Waals surface area contributed by atoms with Gasteiger partial charge in [0, 0.05) is 18.7 Å². The number of nitrogens with one attached hydrogen (secondary N) is 2. The second kappa shape index (κ2) is 6.67. The van der Waals surface area contributed by atoms with Gasteiger partial charge in [0.15, 0.2) is 0 Å². The van der Waals surface area contributed by atoms with E-state index in [9.17, 15) is 14.9 Å². The number of nitro benzene ring substituents is 1. The van der Waals surface area contributed by atoms with Crippen molar-refractivity contribution >= 4 is 23.2 Å². The first-order valence-corrected chi connectivity index (χ1v) is 6.88. The van der Waals surface area contributed by atoms with Crippen LogP contribution >= 0.6 is 11.6 Å². The first-order chi connectivity index (χ1) is 9.58. The van der Waals surface area contributed by atoms with Crippen molar-refractivity contribution in [1.29, 1.82) is 0 Å². The maximum Gasteiger partial charge on any atom is 0.270 e. The lowest BCUT2D eigenvalue weighted by atomic mass is 10.1. The van der Waals surface area contributed by atoms with Gasteiger partial charge in [0.1, 0.15) is 0 Å². The highest BCUT2D eigenvalue weighted by molar-refractivity contribution is 6.34. The fourth-order valence-electron chi connectivity index (χ4n) is 2.25. The number of benzene rings is 1. The molecule has 1 atom stereocenters. The van der Waals surface area contributed by atoms with E-state index in [-0.39, 0.29) is 22.2 Å². The van der Waals surface area contributed by atoms with E-state index >= 15 is 0 Å². The molecule has 2 N–H and O–H groups in total. The minimum absolute atomic E-state index is 0.0965. The number of rotatable bonds is 5. The van der Waals surface area contributed by atoms with Crippen molar-refractivity contribution in [3.8, 4) is 0 Å². The Hall–Kier alpha value is -1.66. The van der Waals surface area contributed by atoms with Gasteiger partial charge in [-0.1, -0.05) is 11.6 Å². The monoisotopic (exact) mass is 297 g/mol. The number of amides is 1. The molecule has 2 rings (SSSR count). The van der Waals surface area contributed by atoms with Gasteiger partial charge >= 0.3 is 0 Å². The summed E-state index contributed by atoms with van der Waals surface area (Å²) in [7, 11) is 0. The van der Waals surface area contributed by atoms with E-state index in [1.54, 1.807) is 0 Å². The van der Waals surface area contributed by atoms with Gasteiger partial charge in [-0.25, -0.2) is 0 Å². The van der Waals surface area contributed by atoms with E-state index < -0.39 is 4.92 Å². The summed E-state index contributed by atoms with van der Waals surface area (Å²) >= 11 is 5.90. The molecule has 0 aliphatic carbocycles. The lowest BCUT2D eigenvalue weighted by Gasteiger charge is -2.10. The van der Waals surface area contributed by atoms with Gasteiger partial charge in [-0.05, 0) is 37.9 Å². The van der Waals surface area contributed by atoms with Crippen LogP contribution in [0, 0.1) is 16.0 Å². The van der Waals surface area contributed by atoms with Crippen molar-refractivity contribution in [3.05, 3.63) is 38.9 Å². The molecular formula is C13H16ClN3O3. The smallest absolute Gasteiger partial charge is 0.270 e. The van der Waals surface area contributed by atoms with Gasteiger partial charge in [-0.2, -0.15) is 0 Å². The molecule has 0 spiro atoms. The fourth-order valence-corrected chi connectivity index (χ4v) is 2.51. The average molecular weight is 298 g/mol.